The normalized spacial score (nSPS) is 21.4. The summed E-state index contributed by atoms with van der Waals surface area (Å²) in [7, 11) is 1.93. The molecule has 1 aromatic carbocycles. The average Bonchev–Trinajstić information content (AvgIpc) is 3.47. The first-order chi connectivity index (χ1) is 14.6. The van der Waals surface area contributed by atoms with Gasteiger partial charge in [-0.15, -0.1) is 0 Å². The Hall–Kier alpha value is -2.67. The molecule has 1 saturated heterocycles. The molecule has 2 atom stereocenters. The van der Waals surface area contributed by atoms with Gasteiger partial charge >= 0.3 is 0 Å². The van der Waals surface area contributed by atoms with Crippen molar-refractivity contribution in [1.29, 1.82) is 0 Å². The second-order valence-corrected chi connectivity index (χ2v) is 8.76. The number of carbonyl (C=O) groups is 1. The van der Waals surface area contributed by atoms with Crippen LogP contribution in [-0.2, 0) is 11.8 Å². The van der Waals surface area contributed by atoms with Crippen LogP contribution >= 0.6 is 0 Å². The minimum Gasteiger partial charge on any atom is -0.490 e. The van der Waals surface area contributed by atoms with Gasteiger partial charge < -0.3 is 10.1 Å². The third-order valence-electron chi connectivity index (χ3n) is 6.58. The molecule has 2 fully saturated rings. The van der Waals surface area contributed by atoms with Crippen molar-refractivity contribution in [2.45, 2.75) is 51.2 Å². The zero-order valence-electron chi connectivity index (χ0n) is 17.7. The van der Waals surface area contributed by atoms with Crippen LogP contribution in [0.15, 0.2) is 30.7 Å². The number of hydrogen-bond donors (Lipinski definition) is 1. The van der Waals surface area contributed by atoms with Crippen molar-refractivity contribution in [3.05, 3.63) is 30.7 Å². The number of nitrogens with zero attached hydrogens (tertiary/aromatic N) is 4. The van der Waals surface area contributed by atoms with Crippen molar-refractivity contribution in [3.8, 4) is 16.9 Å². The molecule has 0 unspecified atom stereocenters. The molecule has 0 bridgehead atoms. The lowest BCUT2D eigenvalue weighted by atomic mass is 10.0. The van der Waals surface area contributed by atoms with E-state index in [-0.39, 0.29) is 12.0 Å². The van der Waals surface area contributed by atoms with Crippen LogP contribution in [0.1, 0.15) is 45.1 Å². The molecule has 30 heavy (non-hydrogen) atoms. The maximum Gasteiger partial charge on any atom is 0.133 e. The number of hydrogen-bond acceptors (Lipinski definition) is 5. The van der Waals surface area contributed by atoms with Crippen molar-refractivity contribution in [2.24, 2.45) is 13.0 Å². The van der Waals surface area contributed by atoms with Gasteiger partial charge in [0, 0.05) is 43.8 Å². The molecule has 2 aromatic heterocycles. The molecule has 7 heteroatoms. The molecule has 158 valence electrons. The third kappa shape index (κ3) is 3.74. The number of ketones is 1. The molecule has 1 aliphatic heterocycles. The van der Waals surface area contributed by atoms with Gasteiger partial charge in [-0.25, -0.2) is 0 Å². The minimum atomic E-state index is -0.00688. The van der Waals surface area contributed by atoms with Gasteiger partial charge in [0.1, 0.15) is 11.5 Å². The summed E-state index contributed by atoms with van der Waals surface area (Å²) in [6, 6.07) is 4.66. The molecule has 1 aliphatic carbocycles. The van der Waals surface area contributed by atoms with Gasteiger partial charge in [0.2, 0.25) is 0 Å². The molecule has 3 aromatic rings. The topological polar surface area (TPSA) is 74.0 Å². The van der Waals surface area contributed by atoms with E-state index in [1.807, 2.05) is 24.1 Å². The van der Waals surface area contributed by atoms with Gasteiger partial charge in [0.25, 0.3) is 0 Å². The van der Waals surface area contributed by atoms with E-state index in [1.54, 1.807) is 0 Å². The van der Waals surface area contributed by atoms with Gasteiger partial charge in [-0.3, -0.25) is 14.2 Å². The van der Waals surface area contributed by atoms with Gasteiger partial charge in [-0.05, 0) is 57.0 Å². The Labute approximate surface area is 176 Å². The number of benzene rings is 1. The number of aryl methyl sites for hydroxylation is 1. The summed E-state index contributed by atoms with van der Waals surface area (Å²) in [5.74, 6) is 1.47. The molecular weight excluding hydrogens is 378 g/mol. The number of carbonyl (C=O) groups excluding carboxylic acids is 1. The number of Topliss-reactive ketones (excluding diaryl/α,β-unsaturated/α-hetero) is 1. The van der Waals surface area contributed by atoms with Crippen molar-refractivity contribution < 1.29 is 9.53 Å². The Balaban J connectivity index is 1.46. The summed E-state index contributed by atoms with van der Waals surface area (Å²) in [6.07, 6.45) is 10.5. The molecule has 7 nitrogen and oxygen atoms in total. The highest BCUT2D eigenvalue weighted by Crippen LogP contribution is 2.35. The SMILES string of the molecule is C[C@@H](Oc1cc(-c2cnn(C3CCNCC3)c2)cc2nn(C)cc12)[C@H]1CCC(=O)C1. The lowest BCUT2D eigenvalue weighted by Gasteiger charge is -2.22. The number of piperidine rings is 1. The van der Waals surface area contributed by atoms with Crippen LogP contribution in [-0.4, -0.2) is 44.5 Å². The van der Waals surface area contributed by atoms with Gasteiger partial charge in [-0.1, -0.05) is 0 Å². The van der Waals surface area contributed by atoms with Crippen LogP contribution in [0.25, 0.3) is 22.0 Å². The van der Waals surface area contributed by atoms with Crippen molar-refractivity contribution in [1.82, 2.24) is 24.9 Å². The van der Waals surface area contributed by atoms with E-state index in [9.17, 15) is 4.79 Å². The predicted molar refractivity (Wildman–Crippen MR) is 116 cm³/mol. The Morgan fingerprint density at radius 2 is 2.00 bits per heavy atom. The second kappa shape index (κ2) is 7.87. The number of fused-ring (bicyclic) bond motifs is 1. The number of nitrogens with one attached hydrogen (secondary N) is 1. The van der Waals surface area contributed by atoms with Crippen molar-refractivity contribution in [3.63, 3.8) is 0 Å². The highest BCUT2D eigenvalue weighted by molar-refractivity contribution is 5.89. The first kappa shape index (κ1) is 19.3. The molecular formula is C23H29N5O2. The van der Waals surface area contributed by atoms with E-state index in [0.717, 1.165) is 60.1 Å². The molecule has 1 N–H and O–H groups in total. The highest BCUT2D eigenvalue weighted by atomic mass is 16.5. The molecule has 0 amide bonds. The smallest absolute Gasteiger partial charge is 0.133 e. The van der Waals surface area contributed by atoms with E-state index in [4.69, 9.17) is 4.74 Å². The summed E-state index contributed by atoms with van der Waals surface area (Å²) in [5, 5.41) is 13.7. The molecule has 0 radical (unpaired) electrons. The van der Waals surface area contributed by atoms with Crippen LogP contribution in [0.2, 0.25) is 0 Å². The second-order valence-electron chi connectivity index (χ2n) is 8.76. The lowest BCUT2D eigenvalue weighted by Crippen LogP contribution is -2.29. The summed E-state index contributed by atoms with van der Waals surface area (Å²) in [5.41, 5.74) is 3.05. The number of rotatable bonds is 5. The van der Waals surface area contributed by atoms with Crippen LogP contribution in [0.5, 0.6) is 5.75 Å². The Morgan fingerprint density at radius 3 is 2.77 bits per heavy atom. The number of ether oxygens (including phenoxy) is 1. The third-order valence-corrected chi connectivity index (χ3v) is 6.58. The van der Waals surface area contributed by atoms with E-state index in [1.165, 1.54) is 0 Å². The average molecular weight is 408 g/mol. The first-order valence-corrected chi connectivity index (χ1v) is 11.0. The number of aromatic nitrogens is 4. The van der Waals surface area contributed by atoms with Gasteiger partial charge in [-0.2, -0.15) is 10.2 Å². The minimum absolute atomic E-state index is 0.00688. The fourth-order valence-corrected chi connectivity index (χ4v) is 4.77. The fraction of sp³-hybridized carbons (Fsp3) is 0.522. The van der Waals surface area contributed by atoms with Crippen LogP contribution in [0.3, 0.4) is 0 Å². The largest absolute Gasteiger partial charge is 0.490 e. The summed E-state index contributed by atoms with van der Waals surface area (Å²) >= 11 is 0. The Morgan fingerprint density at radius 1 is 1.17 bits per heavy atom. The standard InChI is InChI=1S/C23H29N5O2/c1-15(16-3-4-20(29)9-16)30-23-11-17(10-22-21(23)14-27(2)26-22)18-12-25-28(13-18)19-5-7-24-8-6-19/h10-16,19,24H,3-9H2,1-2H3/t15-,16+/m1/s1. The van der Waals surface area contributed by atoms with Crippen LogP contribution in [0.4, 0.5) is 0 Å². The van der Waals surface area contributed by atoms with E-state index in [0.29, 0.717) is 24.7 Å². The van der Waals surface area contributed by atoms with E-state index in [2.05, 4.69) is 45.4 Å². The van der Waals surface area contributed by atoms with E-state index < -0.39 is 0 Å². The highest BCUT2D eigenvalue weighted by Gasteiger charge is 2.29. The van der Waals surface area contributed by atoms with Gasteiger partial charge in [0.15, 0.2) is 0 Å². The monoisotopic (exact) mass is 407 g/mol. The fourth-order valence-electron chi connectivity index (χ4n) is 4.77. The molecule has 3 heterocycles. The van der Waals surface area contributed by atoms with E-state index >= 15 is 0 Å². The Bertz CT molecular complexity index is 1060. The summed E-state index contributed by atoms with van der Waals surface area (Å²) in [4.78, 5) is 11.7. The van der Waals surface area contributed by atoms with Crippen molar-refractivity contribution in [2.75, 3.05) is 13.1 Å². The zero-order chi connectivity index (χ0) is 20.7. The maximum atomic E-state index is 11.7. The van der Waals surface area contributed by atoms with Crippen molar-refractivity contribution >= 4 is 16.7 Å². The lowest BCUT2D eigenvalue weighted by molar-refractivity contribution is -0.117. The summed E-state index contributed by atoms with van der Waals surface area (Å²) < 4.78 is 10.3. The molecule has 5 rings (SSSR count). The summed E-state index contributed by atoms with van der Waals surface area (Å²) in [6.45, 7) is 4.16. The maximum absolute atomic E-state index is 11.7. The van der Waals surface area contributed by atoms with Crippen LogP contribution < -0.4 is 10.1 Å². The quantitative estimate of drug-likeness (QED) is 0.701. The van der Waals surface area contributed by atoms with Gasteiger partial charge in [0.05, 0.1) is 29.2 Å². The zero-order valence-corrected chi connectivity index (χ0v) is 17.7. The molecule has 2 aliphatic rings. The predicted octanol–water partition coefficient (Wildman–Crippen LogP) is 3.50. The molecule has 1 saturated carbocycles. The van der Waals surface area contributed by atoms with Crippen LogP contribution in [0, 0.1) is 5.92 Å². The first-order valence-electron chi connectivity index (χ1n) is 11.0. The molecule has 0 spiro atoms. The Kier molecular flexibility index (Phi) is 5.06.